The van der Waals surface area contributed by atoms with Crippen LogP contribution in [0.15, 0.2) is 6.20 Å². The predicted molar refractivity (Wildman–Crippen MR) is 82.2 cm³/mol. The van der Waals surface area contributed by atoms with Gasteiger partial charge in [0.15, 0.2) is 0 Å². The number of nitriles is 1. The molecule has 0 amide bonds. The summed E-state index contributed by atoms with van der Waals surface area (Å²) in [6, 6.07) is 2.73. The highest BCUT2D eigenvalue weighted by molar-refractivity contribution is 5.54. The van der Waals surface area contributed by atoms with Crippen molar-refractivity contribution in [2.75, 3.05) is 23.8 Å². The number of hydrogen-bond acceptors (Lipinski definition) is 6. The van der Waals surface area contributed by atoms with Gasteiger partial charge in [0, 0.05) is 6.04 Å². The molecule has 1 aliphatic heterocycles. The Morgan fingerprint density at radius 2 is 2.29 bits per heavy atom. The van der Waals surface area contributed by atoms with Gasteiger partial charge in [-0.2, -0.15) is 10.2 Å². The summed E-state index contributed by atoms with van der Waals surface area (Å²) >= 11 is 0. The van der Waals surface area contributed by atoms with Crippen LogP contribution in [0.2, 0.25) is 0 Å². The first-order valence-electron chi connectivity index (χ1n) is 7.64. The Morgan fingerprint density at radius 1 is 1.48 bits per heavy atom. The Labute approximate surface area is 125 Å². The molecule has 0 bridgehead atoms. The molecule has 1 aromatic heterocycles. The first kappa shape index (κ1) is 15.5. The predicted octanol–water partition coefficient (Wildman–Crippen LogP) is 2.54. The van der Waals surface area contributed by atoms with E-state index in [9.17, 15) is 0 Å². The van der Waals surface area contributed by atoms with E-state index < -0.39 is 0 Å². The third-order valence-electron chi connectivity index (χ3n) is 3.62. The average molecular weight is 289 g/mol. The topological polar surface area (TPSA) is 82.9 Å². The Kier molecular flexibility index (Phi) is 5.76. The van der Waals surface area contributed by atoms with Crippen LogP contribution in [0.5, 0.6) is 0 Å². The van der Waals surface area contributed by atoms with Crippen molar-refractivity contribution in [1.29, 1.82) is 5.26 Å². The second kappa shape index (κ2) is 7.79. The number of hydrogen-bond donors (Lipinski definition) is 2. The lowest BCUT2D eigenvalue weighted by Crippen LogP contribution is -2.40. The Hall–Kier alpha value is -1.87. The van der Waals surface area contributed by atoms with E-state index in [1.165, 1.54) is 12.8 Å². The van der Waals surface area contributed by atoms with E-state index in [2.05, 4.69) is 40.5 Å². The maximum Gasteiger partial charge on any atom is 0.224 e. The molecule has 0 saturated carbocycles. The molecule has 1 aliphatic rings. The molecule has 1 fully saturated rings. The van der Waals surface area contributed by atoms with Crippen molar-refractivity contribution in [1.82, 2.24) is 9.97 Å². The molecule has 2 N–H and O–H groups in total. The van der Waals surface area contributed by atoms with Crippen LogP contribution in [-0.2, 0) is 4.74 Å². The van der Waals surface area contributed by atoms with Crippen LogP contribution in [-0.4, -0.2) is 35.3 Å². The molecular weight excluding hydrogens is 266 g/mol. The second-order valence-electron chi connectivity index (χ2n) is 5.34. The lowest BCUT2D eigenvalue weighted by molar-refractivity contribution is 0.0209. The smallest absolute Gasteiger partial charge is 0.224 e. The van der Waals surface area contributed by atoms with Gasteiger partial charge in [-0.1, -0.05) is 26.7 Å². The quantitative estimate of drug-likeness (QED) is 0.765. The Morgan fingerprint density at radius 3 is 2.86 bits per heavy atom. The Bertz CT molecular complexity index is 495. The van der Waals surface area contributed by atoms with Gasteiger partial charge in [0.2, 0.25) is 5.95 Å². The number of aromatic nitrogens is 2. The summed E-state index contributed by atoms with van der Waals surface area (Å²) in [7, 11) is 0. The molecule has 1 aromatic rings. The average Bonchev–Trinajstić information content (AvgIpc) is 2.47. The normalized spacial score (nSPS) is 15.9. The molecule has 0 unspecified atom stereocenters. The molecule has 0 spiro atoms. The van der Waals surface area contributed by atoms with Gasteiger partial charge < -0.3 is 15.4 Å². The van der Waals surface area contributed by atoms with Gasteiger partial charge in [0.1, 0.15) is 17.5 Å². The standard InChI is InChI=1S/C15H23N5O/c1-3-5-6-12(4-2)19-15-17-8-11(7-16)14(20-15)18-13-9-21-10-13/h8,12-13H,3-6,9-10H2,1-2H3,(H2,17,18,19,20)/t12-/m1/s1. The molecule has 1 atom stereocenters. The Balaban J connectivity index is 2.05. The third-order valence-corrected chi connectivity index (χ3v) is 3.62. The maximum atomic E-state index is 9.14. The van der Waals surface area contributed by atoms with Gasteiger partial charge in [0.05, 0.1) is 25.5 Å². The van der Waals surface area contributed by atoms with Gasteiger partial charge in [-0.05, 0) is 12.8 Å². The molecule has 1 saturated heterocycles. The summed E-state index contributed by atoms with van der Waals surface area (Å²) in [6.45, 7) is 5.66. The van der Waals surface area contributed by atoms with Crippen molar-refractivity contribution in [2.24, 2.45) is 0 Å². The number of rotatable bonds is 8. The van der Waals surface area contributed by atoms with E-state index in [1.54, 1.807) is 6.20 Å². The largest absolute Gasteiger partial charge is 0.377 e. The zero-order valence-electron chi connectivity index (χ0n) is 12.7. The lowest BCUT2D eigenvalue weighted by Gasteiger charge is -2.27. The van der Waals surface area contributed by atoms with E-state index in [1.807, 2.05) is 0 Å². The monoisotopic (exact) mass is 289 g/mol. The van der Waals surface area contributed by atoms with Crippen LogP contribution >= 0.6 is 0 Å². The highest BCUT2D eigenvalue weighted by Crippen LogP contribution is 2.18. The summed E-state index contributed by atoms with van der Waals surface area (Å²) < 4.78 is 5.13. The molecule has 2 heterocycles. The van der Waals surface area contributed by atoms with Gasteiger partial charge in [-0.15, -0.1) is 0 Å². The van der Waals surface area contributed by atoms with Gasteiger partial charge in [-0.3, -0.25) is 0 Å². The molecule has 0 radical (unpaired) electrons. The van der Waals surface area contributed by atoms with E-state index in [0.717, 1.165) is 12.8 Å². The highest BCUT2D eigenvalue weighted by Gasteiger charge is 2.20. The molecule has 2 rings (SSSR count). The van der Waals surface area contributed by atoms with Gasteiger partial charge >= 0.3 is 0 Å². The fraction of sp³-hybridized carbons (Fsp3) is 0.667. The fourth-order valence-corrected chi connectivity index (χ4v) is 2.17. The van der Waals surface area contributed by atoms with Crippen molar-refractivity contribution in [3.8, 4) is 6.07 Å². The summed E-state index contributed by atoms with van der Waals surface area (Å²) in [5, 5.41) is 15.7. The fourth-order valence-electron chi connectivity index (χ4n) is 2.17. The first-order chi connectivity index (χ1) is 10.3. The zero-order valence-corrected chi connectivity index (χ0v) is 12.7. The number of nitrogens with zero attached hydrogens (tertiary/aromatic N) is 3. The van der Waals surface area contributed by atoms with Gasteiger partial charge in [0.25, 0.3) is 0 Å². The minimum absolute atomic E-state index is 0.238. The first-order valence-corrected chi connectivity index (χ1v) is 7.64. The zero-order chi connectivity index (χ0) is 15.1. The third kappa shape index (κ3) is 4.30. The number of unbranched alkanes of at least 4 members (excludes halogenated alkanes) is 1. The molecule has 0 aliphatic carbocycles. The van der Waals surface area contributed by atoms with E-state index >= 15 is 0 Å². The molecule has 114 valence electrons. The van der Waals surface area contributed by atoms with E-state index in [-0.39, 0.29) is 6.04 Å². The molecule has 21 heavy (non-hydrogen) atoms. The van der Waals surface area contributed by atoms with Crippen LogP contribution in [0.25, 0.3) is 0 Å². The maximum absolute atomic E-state index is 9.14. The summed E-state index contributed by atoms with van der Waals surface area (Å²) in [6.07, 6.45) is 6.08. The number of anilines is 2. The van der Waals surface area contributed by atoms with Crippen LogP contribution in [0, 0.1) is 11.3 Å². The lowest BCUT2D eigenvalue weighted by atomic mass is 10.1. The van der Waals surface area contributed by atoms with Crippen molar-refractivity contribution >= 4 is 11.8 Å². The highest BCUT2D eigenvalue weighted by atomic mass is 16.5. The number of nitrogens with one attached hydrogen (secondary N) is 2. The van der Waals surface area contributed by atoms with Crippen LogP contribution < -0.4 is 10.6 Å². The van der Waals surface area contributed by atoms with E-state index in [4.69, 9.17) is 10.00 Å². The minimum atomic E-state index is 0.238. The summed E-state index contributed by atoms with van der Waals surface area (Å²) in [4.78, 5) is 8.69. The molecule has 0 aromatic carbocycles. The van der Waals surface area contributed by atoms with Crippen molar-refractivity contribution in [2.45, 2.75) is 51.6 Å². The molecular formula is C15H23N5O. The van der Waals surface area contributed by atoms with Gasteiger partial charge in [-0.25, -0.2) is 4.98 Å². The van der Waals surface area contributed by atoms with Crippen molar-refractivity contribution in [3.63, 3.8) is 0 Å². The van der Waals surface area contributed by atoms with Crippen molar-refractivity contribution in [3.05, 3.63) is 11.8 Å². The van der Waals surface area contributed by atoms with Crippen molar-refractivity contribution < 1.29 is 4.74 Å². The van der Waals surface area contributed by atoms with Crippen LogP contribution in [0.4, 0.5) is 11.8 Å². The van der Waals surface area contributed by atoms with Crippen LogP contribution in [0.3, 0.4) is 0 Å². The molecule has 6 nitrogen and oxygen atoms in total. The summed E-state index contributed by atoms with van der Waals surface area (Å²) in [5.74, 6) is 1.17. The SMILES string of the molecule is CCCC[C@@H](CC)Nc1ncc(C#N)c(NC2COC2)n1. The number of ether oxygens (including phenoxy) is 1. The minimum Gasteiger partial charge on any atom is -0.377 e. The van der Waals surface area contributed by atoms with E-state index in [0.29, 0.717) is 36.6 Å². The summed E-state index contributed by atoms with van der Waals surface area (Å²) in [5.41, 5.74) is 0.467. The van der Waals surface area contributed by atoms with Crippen LogP contribution in [0.1, 0.15) is 45.1 Å². The molecule has 6 heteroatoms. The second-order valence-corrected chi connectivity index (χ2v) is 5.34.